The number of halogens is 1. The Morgan fingerprint density at radius 2 is 2.12 bits per heavy atom. The smallest absolute Gasteiger partial charge is 0.128 e. The normalized spacial score (nSPS) is 37.9. The molecule has 3 unspecified atom stereocenters. The summed E-state index contributed by atoms with van der Waals surface area (Å²) in [4.78, 5) is 4.65. The van der Waals surface area contributed by atoms with Crippen molar-refractivity contribution >= 4 is 0 Å². The monoisotopic (exact) mass is 229 g/mol. The summed E-state index contributed by atoms with van der Waals surface area (Å²) in [6.45, 7) is 3.62. The van der Waals surface area contributed by atoms with Gasteiger partial charge in [-0.15, -0.1) is 0 Å². The van der Waals surface area contributed by atoms with Gasteiger partial charge in [0, 0.05) is 25.2 Å². The van der Waals surface area contributed by atoms with Crippen LogP contribution in [0.4, 0.5) is 4.39 Å². The molecule has 0 radical (unpaired) electrons. The molecule has 0 bridgehead atoms. The lowest BCUT2D eigenvalue weighted by Gasteiger charge is -2.43. The fourth-order valence-electron chi connectivity index (χ4n) is 2.92. The predicted octanol–water partition coefficient (Wildman–Crippen LogP) is 0.712. The van der Waals surface area contributed by atoms with Crippen LogP contribution in [0.5, 0.6) is 0 Å². The number of rotatable bonds is 2. The topological polar surface area (TPSA) is 18.5 Å². The summed E-state index contributed by atoms with van der Waals surface area (Å²) >= 11 is 0. The maximum atomic E-state index is 13.8. The highest BCUT2D eigenvalue weighted by atomic mass is 19.1. The standard InChI is InChI=1S/C12H24FN3/c1-15(2)10-4-3-7-16(9-10)12-5-6-14-8-11(12)13/h10-12,14H,3-9H2,1-2H3. The summed E-state index contributed by atoms with van der Waals surface area (Å²) in [6.07, 6.45) is 2.74. The van der Waals surface area contributed by atoms with Crippen LogP contribution in [0.25, 0.3) is 0 Å². The molecule has 0 aromatic heterocycles. The Hall–Kier alpha value is -0.190. The second-order valence-electron chi connectivity index (χ2n) is 5.33. The van der Waals surface area contributed by atoms with Crippen molar-refractivity contribution in [2.45, 2.75) is 37.5 Å². The minimum Gasteiger partial charge on any atom is -0.314 e. The van der Waals surface area contributed by atoms with E-state index in [2.05, 4.69) is 29.2 Å². The fourth-order valence-corrected chi connectivity index (χ4v) is 2.92. The van der Waals surface area contributed by atoms with E-state index in [-0.39, 0.29) is 6.04 Å². The maximum absolute atomic E-state index is 13.8. The summed E-state index contributed by atoms with van der Waals surface area (Å²) in [5.74, 6) is 0. The number of likely N-dealkylation sites (tertiary alicyclic amines) is 1. The second kappa shape index (κ2) is 5.43. The molecule has 2 heterocycles. The first kappa shape index (κ1) is 12.3. The first-order chi connectivity index (χ1) is 7.68. The molecule has 0 amide bonds. The molecule has 3 atom stereocenters. The van der Waals surface area contributed by atoms with E-state index < -0.39 is 6.17 Å². The van der Waals surface area contributed by atoms with Crippen LogP contribution in [0.2, 0.25) is 0 Å². The lowest BCUT2D eigenvalue weighted by Crippen LogP contribution is -2.56. The quantitative estimate of drug-likeness (QED) is 0.752. The van der Waals surface area contributed by atoms with Crippen molar-refractivity contribution < 1.29 is 4.39 Å². The molecule has 2 saturated heterocycles. The number of nitrogens with zero attached hydrogens (tertiary/aromatic N) is 2. The van der Waals surface area contributed by atoms with Crippen molar-refractivity contribution in [1.29, 1.82) is 0 Å². The van der Waals surface area contributed by atoms with Crippen molar-refractivity contribution in [2.75, 3.05) is 40.3 Å². The van der Waals surface area contributed by atoms with E-state index >= 15 is 0 Å². The van der Waals surface area contributed by atoms with Gasteiger partial charge in [-0.05, 0) is 46.4 Å². The Kier molecular flexibility index (Phi) is 4.16. The Morgan fingerprint density at radius 3 is 2.81 bits per heavy atom. The van der Waals surface area contributed by atoms with Crippen molar-refractivity contribution in [1.82, 2.24) is 15.1 Å². The second-order valence-corrected chi connectivity index (χ2v) is 5.33. The summed E-state index contributed by atoms with van der Waals surface area (Å²) in [5, 5.41) is 3.13. The number of likely N-dealkylation sites (N-methyl/N-ethyl adjacent to an activating group) is 1. The first-order valence-electron chi connectivity index (χ1n) is 6.43. The van der Waals surface area contributed by atoms with Gasteiger partial charge in [-0.2, -0.15) is 0 Å². The van der Waals surface area contributed by atoms with Gasteiger partial charge in [0.25, 0.3) is 0 Å². The number of hydrogen-bond donors (Lipinski definition) is 1. The van der Waals surface area contributed by atoms with Crippen LogP contribution in [-0.4, -0.2) is 68.3 Å². The molecule has 2 aliphatic rings. The highest BCUT2D eigenvalue weighted by Crippen LogP contribution is 2.21. The third kappa shape index (κ3) is 2.73. The van der Waals surface area contributed by atoms with E-state index in [1.807, 2.05) is 0 Å². The molecular weight excluding hydrogens is 205 g/mol. The first-order valence-corrected chi connectivity index (χ1v) is 6.43. The average Bonchev–Trinajstić information content (AvgIpc) is 2.30. The third-order valence-corrected chi connectivity index (χ3v) is 4.00. The molecule has 94 valence electrons. The summed E-state index contributed by atoms with van der Waals surface area (Å²) in [6, 6.07) is 0.764. The molecular formula is C12H24FN3. The Balaban J connectivity index is 1.92. The van der Waals surface area contributed by atoms with Gasteiger partial charge in [-0.3, -0.25) is 4.90 Å². The molecule has 0 aromatic rings. The summed E-state index contributed by atoms with van der Waals surface area (Å²) < 4.78 is 13.8. The van der Waals surface area contributed by atoms with Gasteiger partial charge in [0.05, 0.1) is 0 Å². The SMILES string of the molecule is CN(C)C1CCCN(C2CCNCC2F)C1. The number of piperidine rings is 2. The Bertz CT molecular complexity index is 222. The number of alkyl halides is 1. The van der Waals surface area contributed by atoms with Crippen molar-refractivity contribution in [3.63, 3.8) is 0 Å². The molecule has 0 spiro atoms. The molecule has 2 rings (SSSR count). The van der Waals surface area contributed by atoms with Gasteiger partial charge in [-0.1, -0.05) is 0 Å². The minimum absolute atomic E-state index is 0.156. The van der Waals surface area contributed by atoms with Crippen LogP contribution in [0.3, 0.4) is 0 Å². The maximum Gasteiger partial charge on any atom is 0.128 e. The van der Waals surface area contributed by atoms with E-state index in [4.69, 9.17) is 0 Å². The van der Waals surface area contributed by atoms with Crippen LogP contribution >= 0.6 is 0 Å². The number of nitrogens with one attached hydrogen (secondary N) is 1. The molecule has 3 nitrogen and oxygen atoms in total. The van der Waals surface area contributed by atoms with Gasteiger partial charge in [0.15, 0.2) is 0 Å². The zero-order valence-corrected chi connectivity index (χ0v) is 10.5. The summed E-state index contributed by atoms with van der Waals surface area (Å²) in [5.41, 5.74) is 0. The molecule has 2 fully saturated rings. The van der Waals surface area contributed by atoms with Crippen LogP contribution in [0.15, 0.2) is 0 Å². The molecule has 0 aliphatic carbocycles. The average molecular weight is 229 g/mol. The highest BCUT2D eigenvalue weighted by Gasteiger charge is 2.33. The third-order valence-electron chi connectivity index (χ3n) is 4.00. The van der Waals surface area contributed by atoms with Crippen LogP contribution in [-0.2, 0) is 0 Å². The molecule has 0 aromatic carbocycles. The largest absolute Gasteiger partial charge is 0.314 e. The van der Waals surface area contributed by atoms with Gasteiger partial charge >= 0.3 is 0 Å². The Labute approximate surface area is 98.0 Å². The Morgan fingerprint density at radius 1 is 1.31 bits per heavy atom. The summed E-state index contributed by atoms with van der Waals surface area (Å²) in [7, 11) is 4.26. The predicted molar refractivity (Wildman–Crippen MR) is 64.5 cm³/mol. The molecule has 4 heteroatoms. The van der Waals surface area contributed by atoms with Crippen molar-refractivity contribution in [3.05, 3.63) is 0 Å². The minimum atomic E-state index is -0.685. The van der Waals surface area contributed by atoms with Gasteiger partial charge in [0.1, 0.15) is 6.17 Å². The molecule has 0 saturated carbocycles. The van der Waals surface area contributed by atoms with Gasteiger partial charge < -0.3 is 10.2 Å². The zero-order valence-electron chi connectivity index (χ0n) is 10.5. The van der Waals surface area contributed by atoms with Crippen molar-refractivity contribution in [3.8, 4) is 0 Å². The van der Waals surface area contributed by atoms with Gasteiger partial charge in [0.2, 0.25) is 0 Å². The molecule has 16 heavy (non-hydrogen) atoms. The molecule has 2 aliphatic heterocycles. The molecule has 1 N–H and O–H groups in total. The van der Waals surface area contributed by atoms with Crippen LogP contribution in [0, 0.1) is 0 Å². The van der Waals surface area contributed by atoms with E-state index in [1.54, 1.807) is 0 Å². The van der Waals surface area contributed by atoms with E-state index in [0.717, 1.165) is 26.1 Å². The van der Waals surface area contributed by atoms with Crippen LogP contribution in [0.1, 0.15) is 19.3 Å². The van der Waals surface area contributed by atoms with Crippen LogP contribution < -0.4 is 5.32 Å². The zero-order chi connectivity index (χ0) is 11.5. The van der Waals surface area contributed by atoms with E-state index in [0.29, 0.717) is 12.6 Å². The van der Waals surface area contributed by atoms with Crippen molar-refractivity contribution in [2.24, 2.45) is 0 Å². The lowest BCUT2D eigenvalue weighted by atomic mass is 9.97. The van der Waals surface area contributed by atoms with E-state index in [9.17, 15) is 4.39 Å². The number of hydrogen-bond acceptors (Lipinski definition) is 3. The van der Waals surface area contributed by atoms with E-state index in [1.165, 1.54) is 12.8 Å². The van der Waals surface area contributed by atoms with Gasteiger partial charge in [-0.25, -0.2) is 4.39 Å². The fraction of sp³-hybridized carbons (Fsp3) is 1.00. The highest BCUT2D eigenvalue weighted by molar-refractivity contribution is 4.89. The lowest BCUT2D eigenvalue weighted by molar-refractivity contribution is 0.0396.